The van der Waals surface area contributed by atoms with Gasteiger partial charge in [0.15, 0.2) is 0 Å². The maximum atomic E-state index is 9.86. The molecule has 1 amide bonds. The first-order valence-corrected chi connectivity index (χ1v) is 8.19. The van der Waals surface area contributed by atoms with Crippen molar-refractivity contribution in [3.63, 3.8) is 0 Å². The van der Waals surface area contributed by atoms with Crippen LogP contribution in [-0.2, 0) is 4.79 Å². The minimum absolute atomic E-state index is 0.662. The lowest BCUT2D eigenvalue weighted by Crippen LogP contribution is -1.92. The molecule has 0 unspecified atom stereocenters. The van der Waals surface area contributed by atoms with E-state index in [2.05, 4.69) is 16.7 Å². The van der Waals surface area contributed by atoms with Crippen LogP contribution in [0, 0.1) is 0 Å². The molecule has 0 bridgehead atoms. The van der Waals surface area contributed by atoms with E-state index in [4.69, 9.17) is 9.15 Å². The van der Waals surface area contributed by atoms with Crippen molar-refractivity contribution < 1.29 is 13.9 Å². The third kappa shape index (κ3) is 3.62. The highest BCUT2D eigenvalue weighted by Crippen LogP contribution is 2.35. The number of fused-ring (bicyclic) bond motifs is 3. The minimum atomic E-state index is 0.662. The summed E-state index contributed by atoms with van der Waals surface area (Å²) in [6, 6.07) is 21.3. The van der Waals surface area contributed by atoms with Gasteiger partial charge in [0, 0.05) is 29.6 Å². The molecule has 132 valence electrons. The van der Waals surface area contributed by atoms with Crippen LogP contribution >= 0.6 is 0 Å². The van der Waals surface area contributed by atoms with Crippen molar-refractivity contribution in [2.45, 2.75) is 0 Å². The maximum Gasteiger partial charge on any atom is 0.211 e. The lowest BCUT2D eigenvalue weighted by atomic mass is 10.1. The number of rotatable bonds is 4. The van der Waals surface area contributed by atoms with Crippen molar-refractivity contribution in [2.75, 3.05) is 24.8 Å². The number of para-hydroxylation sites is 2. The van der Waals surface area contributed by atoms with Crippen LogP contribution in [0.3, 0.4) is 0 Å². The Morgan fingerprint density at radius 1 is 0.923 bits per heavy atom. The fourth-order valence-electron chi connectivity index (χ4n) is 2.72. The van der Waals surface area contributed by atoms with E-state index in [1.54, 1.807) is 7.11 Å². The molecule has 0 spiro atoms. The van der Waals surface area contributed by atoms with E-state index in [9.17, 15) is 4.79 Å². The molecule has 4 rings (SSSR count). The van der Waals surface area contributed by atoms with Crippen LogP contribution < -0.4 is 15.4 Å². The molecule has 0 aliphatic carbocycles. The fourth-order valence-corrected chi connectivity index (χ4v) is 2.72. The summed E-state index contributed by atoms with van der Waals surface area (Å²) >= 11 is 0. The Kier molecular flexibility index (Phi) is 5.39. The highest BCUT2D eigenvalue weighted by Gasteiger charge is 2.10. The van der Waals surface area contributed by atoms with Gasteiger partial charge in [0.2, 0.25) is 6.41 Å². The van der Waals surface area contributed by atoms with Crippen LogP contribution in [0.15, 0.2) is 71.1 Å². The highest BCUT2D eigenvalue weighted by atomic mass is 16.5. The Morgan fingerprint density at radius 2 is 1.65 bits per heavy atom. The molecule has 2 N–H and O–H groups in total. The highest BCUT2D eigenvalue weighted by molar-refractivity contribution is 6.06. The standard InChI is InChI=1S/C14H13NO2.C7H7NO/c1-15-11-8-13-10(7-14(11)16-2)9-5-3-4-6-12(9)17-13;9-6-8-7-4-2-1-3-5-7/h3-8,15H,1-2H3;1-6H,(H,8,9). The molecule has 5 nitrogen and oxygen atoms in total. The topological polar surface area (TPSA) is 63.5 Å². The molecule has 0 saturated heterocycles. The summed E-state index contributed by atoms with van der Waals surface area (Å²) in [5.74, 6) is 0.826. The molecular formula is C21H20N2O3. The third-order valence-electron chi connectivity index (χ3n) is 3.97. The number of ether oxygens (including phenoxy) is 1. The number of amides is 1. The van der Waals surface area contributed by atoms with Crippen molar-refractivity contribution >= 4 is 39.7 Å². The molecule has 5 heteroatoms. The van der Waals surface area contributed by atoms with Crippen molar-refractivity contribution in [3.8, 4) is 5.75 Å². The second-order valence-electron chi connectivity index (χ2n) is 5.53. The van der Waals surface area contributed by atoms with Crippen molar-refractivity contribution in [2.24, 2.45) is 0 Å². The second-order valence-corrected chi connectivity index (χ2v) is 5.53. The van der Waals surface area contributed by atoms with E-state index in [0.717, 1.165) is 39.1 Å². The molecule has 0 fully saturated rings. The predicted octanol–water partition coefficient (Wildman–Crippen LogP) is 4.89. The van der Waals surface area contributed by atoms with Crippen LogP contribution in [0.1, 0.15) is 0 Å². The average Bonchev–Trinajstić information content (AvgIpc) is 3.06. The molecule has 26 heavy (non-hydrogen) atoms. The molecule has 1 aromatic heterocycles. The molecule has 4 aromatic rings. The van der Waals surface area contributed by atoms with E-state index >= 15 is 0 Å². The van der Waals surface area contributed by atoms with Crippen molar-refractivity contribution in [1.29, 1.82) is 0 Å². The third-order valence-corrected chi connectivity index (χ3v) is 3.97. The zero-order valence-corrected chi connectivity index (χ0v) is 14.7. The van der Waals surface area contributed by atoms with Crippen LogP contribution in [0.2, 0.25) is 0 Å². The molecule has 1 heterocycles. The summed E-state index contributed by atoms with van der Waals surface area (Å²) in [7, 11) is 3.54. The van der Waals surface area contributed by atoms with Crippen LogP contribution in [0.4, 0.5) is 11.4 Å². The molecule has 0 saturated carbocycles. The van der Waals surface area contributed by atoms with Crippen molar-refractivity contribution in [3.05, 3.63) is 66.7 Å². The van der Waals surface area contributed by atoms with Crippen molar-refractivity contribution in [1.82, 2.24) is 0 Å². The van der Waals surface area contributed by atoms with Gasteiger partial charge in [0.05, 0.1) is 12.8 Å². The van der Waals surface area contributed by atoms with Gasteiger partial charge in [-0.3, -0.25) is 4.79 Å². The van der Waals surface area contributed by atoms with Gasteiger partial charge in [0.1, 0.15) is 16.9 Å². The Balaban J connectivity index is 0.000000185. The number of hydrogen-bond donors (Lipinski definition) is 2. The Morgan fingerprint density at radius 3 is 2.35 bits per heavy atom. The molecular weight excluding hydrogens is 328 g/mol. The molecule has 0 aliphatic rings. The van der Waals surface area contributed by atoms with Gasteiger partial charge in [-0.15, -0.1) is 0 Å². The van der Waals surface area contributed by atoms with Crippen LogP contribution in [0.25, 0.3) is 21.9 Å². The lowest BCUT2D eigenvalue weighted by molar-refractivity contribution is -0.105. The summed E-state index contributed by atoms with van der Waals surface area (Å²) < 4.78 is 11.2. The molecule has 0 radical (unpaired) electrons. The molecule has 0 atom stereocenters. The summed E-state index contributed by atoms with van der Waals surface area (Å²) in [6.45, 7) is 0. The molecule has 3 aromatic carbocycles. The smallest absolute Gasteiger partial charge is 0.211 e. The predicted molar refractivity (Wildman–Crippen MR) is 106 cm³/mol. The van der Waals surface area contributed by atoms with Gasteiger partial charge in [-0.1, -0.05) is 36.4 Å². The number of methoxy groups -OCH3 is 1. The first-order valence-electron chi connectivity index (χ1n) is 8.19. The summed E-state index contributed by atoms with van der Waals surface area (Å²) in [5.41, 5.74) is 3.53. The van der Waals surface area contributed by atoms with E-state index in [0.29, 0.717) is 6.41 Å². The van der Waals surface area contributed by atoms with Gasteiger partial charge >= 0.3 is 0 Å². The monoisotopic (exact) mass is 348 g/mol. The normalized spacial score (nSPS) is 10.1. The number of furan rings is 1. The van der Waals surface area contributed by atoms with Gasteiger partial charge in [-0.2, -0.15) is 0 Å². The largest absolute Gasteiger partial charge is 0.495 e. The Labute approximate surface area is 151 Å². The molecule has 0 aliphatic heterocycles. The van der Waals surface area contributed by atoms with E-state index < -0.39 is 0 Å². The maximum absolute atomic E-state index is 9.86. The fraction of sp³-hybridized carbons (Fsp3) is 0.0952. The SMILES string of the molecule is CNc1cc2oc3ccccc3c2cc1OC.O=CNc1ccccc1. The van der Waals surface area contributed by atoms with E-state index in [-0.39, 0.29) is 0 Å². The van der Waals surface area contributed by atoms with Gasteiger partial charge < -0.3 is 19.8 Å². The number of benzene rings is 3. The lowest BCUT2D eigenvalue weighted by Gasteiger charge is -2.07. The van der Waals surface area contributed by atoms with Gasteiger partial charge in [-0.25, -0.2) is 0 Å². The van der Waals surface area contributed by atoms with Gasteiger partial charge in [-0.05, 0) is 24.3 Å². The second kappa shape index (κ2) is 8.07. The summed E-state index contributed by atoms with van der Waals surface area (Å²) in [4.78, 5) is 9.86. The minimum Gasteiger partial charge on any atom is -0.495 e. The number of nitrogens with one attached hydrogen (secondary N) is 2. The average molecular weight is 348 g/mol. The first-order chi connectivity index (χ1) is 12.8. The number of anilines is 2. The van der Waals surface area contributed by atoms with E-state index in [1.165, 1.54) is 0 Å². The first kappa shape index (κ1) is 17.4. The summed E-state index contributed by atoms with van der Waals surface area (Å²) in [5, 5.41) is 7.82. The zero-order valence-electron chi connectivity index (χ0n) is 14.7. The van der Waals surface area contributed by atoms with Gasteiger partial charge in [0.25, 0.3) is 0 Å². The van der Waals surface area contributed by atoms with Crippen LogP contribution in [0.5, 0.6) is 5.75 Å². The Bertz CT molecular complexity index is 1010. The quantitative estimate of drug-likeness (QED) is 0.515. The number of carbonyl (C=O) groups excluding carboxylic acids is 1. The zero-order chi connectivity index (χ0) is 18.4. The summed E-state index contributed by atoms with van der Waals surface area (Å²) in [6.07, 6.45) is 0.662. The Hall–Kier alpha value is -3.47. The number of carbonyl (C=O) groups is 1. The van der Waals surface area contributed by atoms with Crippen LogP contribution in [-0.4, -0.2) is 20.6 Å². The number of hydrogen-bond acceptors (Lipinski definition) is 4. The van der Waals surface area contributed by atoms with E-state index in [1.807, 2.05) is 67.7 Å².